The first kappa shape index (κ1) is 19.4. The SMILES string of the molecule is CC(=O)c1ccc(NC(=O)CCN(C)Cc2ccc(Cl)cc2Cl)cc1. The van der Waals surface area contributed by atoms with E-state index in [9.17, 15) is 9.59 Å². The Morgan fingerprint density at radius 3 is 2.36 bits per heavy atom. The van der Waals surface area contributed by atoms with Crippen molar-refractivity contribution in [3.05, 3.63) is 63.6 Å². The molecule has 0 spiro atoms. The zero-order valence-corrected chi connectivity index (χ0v) is 15.7. The summed E-state index contributed by atoms with van der Waals surface area (Å²) in [6, 6.07) is 12.3. The van der Waals surface area contributed by atoms with Gasteiger partial charge in [0.1, 0.15) is 0 Å². The molecule has 0 fully saturated rings. The molecule has 0 aliphatic rings. The van der Waals surface area contributed by atoms with Gasteiger partial charge in [-0.3, -0.25) is 9.59 Å². The molecule has 0 saturated heterocycles. The summed E-state index contributed by atoms with van der Waals surface area (Å²) in [7, 11) is 1.93. The van der Waals surface area contributed by atoms with E-state index in [0.29, 0.717) is 40.8 Å². The van der Waals surface area contributed by atoms with Gasteiger partial charge in [-0.15, -0.1) is 0 Å². The largest absolute Gasteiger partial charge is 0.326 e. The highest BCUT2D eigenvalue weighted by molar-refractivity contribution is 6.35. The van der Waals surface area contributed by atoms with E-state index >= 15 is 0 Å². The predicted molar refractivity (Wildman–Crippen MR) is 102 cm³/mol. The van der Waals surface area contributed by atoms with Crippen LogP contribution in [0.4, 0.5) is 5.69 Å². The van der Waals surface area contributed by atoms with Gasteiger partial charge in [0.15, 0.2) is 5.78 Å². The van der Waals surface area contributed by atoms with Crippen molar-refractivity contribution in [3.63, 3.8) is 0 Å². The first-order chi connectivity index (χ1) is 11.8. The Bertz CT molecular complexity index is 761. The van der Waals surface area contributed by atoms with Crippen molar-refractivity contribution in [1.82, 2.24) is 4.90 Å². The van der Waals surface area contributed by atoms with Gasteiger partial charge >= 0.3 is 0 Å². The van der Waals surface area contributed by atoms with E-state index in [1.54, 1.807) is 36.4 Å². The van der Waals surface area contributed by atoms with Crippen LogP contribution in [0.2, 0.25) is 10.0 Å². The Morgan fingerprint density at radius 2 is 1.76 bits per heavy atom. The summed E-state index contributed by atoms with van der Waals surface area (Å²) < 4.78 is 0. The quantitative estimate of drug-likeness (QED) is 0.712. The van der Waals surface area contributed by atoms with Gasteiger partial charge in [-0.25, -0.2) is 0 Å². The summed E-state index contributed by atoms with van der Waals surface area (Å²) in [6.07, 6.45) is 0.357. The number of carbonyl (C=O) groups excluding carboxylic acids is 2. The van der Waals surface area contributed by atoms with E-state index in [4.69, 9.17) is 23.2 Å². The van der Waals surface area contributed by atoms with Crippen molar-refractivity contribution < 1.29 is 9.59 Å². The number of Topliss-reactive ketones (excluding diaryl/α,β-unsaturated/α-hetero) is 1. The lowest BCUT2D eigenvalue weighted by molar-refractivity contribution is -0.116. The third-order valence-electron chi connectivity index (χ3n) is 3.75. The Hall–Kier alpha value is -1.88. The lowest BCUT2D eigenvalue weighted by Gasteiger charge is -2.17. The highest BCUT2D eigenvalue weighted by Crippen LogP contribution is 2.22. The first-order valence-electron chi connectivity index (χ1n) is 7.88. The summed E-state index contributed by atoms with van der Waals surface area (Å²) in [5.41, 5.74) is 2.27. The van der Waals surface area contributed by atoms with Crippen LogP contribution in [0.3, 0.4) is 0 Å². The molecule has 6 heteroatoms. The number of rotatable bonds is 7. The number of nitrogens with one attached hydrogen (secondary N) is 1. The molecule has 2 aromatic carbocycles. The standard InChI is InChI=1S/C19H20Cl2N2O2/c1-13(24)14-4-7-17(8-5-14)22-19(25)9-10-23(2)12-15-3-6-16(20)11-18(15)21/h3-8,11H,9-10,12H2,1-2H3,(H,22,25). The first-order valence-corrected chi connectivity index (χ1v) is 8.64. The Labute approximate surface area is 157 Å². The van der Waals surface area contributed by atoms with Crippen LogP contribution in [0.25, 0.3) is 0 Å². The van der Waals surface area contributed by atoms with Crippen LogP contribution in [0.1, 0.15) is 29.3 Å². The number of benzene rings is 2. The average molecular weight is 379 g/mol. The fourth-order valence-electron chi connectivity index (χ4n) is 2.32. The number of halogens is 2. The molecule has 25 heavy (non-hydrogen) atoms. The van der Waals surface area contributed by atoms with Crippen molar-refractivity contribution >= 4 is 40.6 Å². The second kappa shape index (κ2) is 8.99. The molecule has 0 saturated carbocycles. The lowest BCUT2D eigenvalue weighted by Crippen LogP contribution is -2.24. The van der Waals surface area contributed by atoms with E-state index in [1.165, 1.54) is 6.92 Å². The molecular weight excluding hydrogens is 359 g/mol. The molecule has 1 N–H and O–H groups in total. The Kier molecular flexibility index (Phi) is 7.00. The van der Waals surface area contributed by atoms with Crippen LogP contribution in [0.5, 0.6) is 0 Å². The third-order valence-corrected chi connectivity index (χ3v) is 4.34. The number of hydrogen-bond acceptors (Lipinski definition) is 3. The van der Waals surface area contributed by atoms with Gasteiger partial charge < -0.3 is 10.2 Å². The van der Waals surface area contributed by atoms with Crippen LogP contribution < -0.4 is 5.32 Å². The fraction of sp³-hybridized carbons (Fsp3) is 0.263. The molecule has 0 heterocycles. The summed E-state index contributed by atoms with van der Waals surface area (Å²) in [4.78, 5) is 25.3. The predicted octanol–water partition coefficient (Wildman–Crippen LogP) is 4.66. The second-order valence-corrected chi connectivity index (χ2v) is 6.75. The molecule has 2 aromatic rings. The minimum absolute atomic E-state index is 0.000335. The number of ketones is 1. The van der Waals surface area contributed by atoms with E-state index in [0.717, 1.165) is 5.56 Å². The fourth-order valence-corrected chi connectivity index (χ4v) is 2.79. The maximum atomic E-state index is 12.1. The summed E-state index contributed by atoms with van der Waals surface area (Å²) in [5, 5.41) is 4.05. The van der Waals surface area contributed by atoms with Crippen molar-refractivity contribution in [2.75, 3.05) is 18.9 Å². The van der Waals surface area contributed by atoms with Gasteiger partial charge in [-0.1, -0.05) is 29.3 Å². The molecule has 0 aromatic heterocycles. The Balaban J connectivity index is 1.81. The molecule has 0 bridgehead atoms. The smallest absolute Gasteiger partial charge is 0.225 e. The normalized spacial score (nSPS) is 10.8. The van der Waals surface area contributed by atoms with Crippen LogP contribution in [-0.4, -0.2) is 30.2 Å². The minimum Gasteiger partial charge on any atom is -0.326 e. The number of anilines is 1. The van der Waals surface area contributed by atoms with Crippen LogP contribution in [0, 0.1) is 0 Å². The van der Waals surface area contributed by atoms with Crippen LogP contribution >= 0.6 is 23.2 Å². The van der Waals surface area contributed by atoms with Crippen molar-refractivity contribution in [3.8, 4) is 0 Å². The van der Waals surface area contributed by atoms with Gasteiger partial charge in [0, 0.05) is 40.8 Å². The molecule has 0 aliphatic carbocycles. The van der Waals surface area contributed by atoms with E-state index in [-0.39, 0.29) is 11.7 Å². The molecule has 2 rings (SSSR count). The highest BCUT2D eigenvalue weighted by atomic mass is 35.5. The van der Waals surface area contributed by atoms with Gasteiger partial charge in [0.25, 0.3) is 0 Å². The molecule has 4 nitrogen and oxygen atoms in total. The zero-order chi connectivity index (χ0) is 18.4. The average Bonchev–Trinajstić information content (AvgIpc) is 2.56. The molecule has 0 aliphatic heterocycles. The number of amides is 1. The molecule has 0 unspecified atom stereocenters. The van der Waals surface area contributed by atoms with Crippen molar-refractivity contribution in [2.45, 2.75) is 19.9 Å². The molecule has 0 atom stereocenters. The highest BCUT2D eigenvalue weighted by Gasteiger charge is 2.08. The van der Waals surface area contributed by atoms with Crippen LogP contribution in [0.15, 0.2) is 42.5 Å². The van der Waals surface area contributed by atoms with E-state index in [1.807, 2.05) is 18.0 Å². The summed E-state index contributed by atoms with van der Waals surface area (Å²) in [6.45, 7) is 2.74. The van der Waals surface area contributed by atoms with Crippen molar-refractivity contribution in [1.29, 1.82) is 0 Å². The van der Waals surface area contributed by atoms with Gasteiger partial charge in [0.05, 0.1) is 0 Å². The third kappa shape index (κ3) is 6.16. The maximum Gasteiger partial charge on any atom is 0.225 e. The summed E-state index contributed by atoms with van der Waals surface area (Å²) >= 11 is 12.1. The summed E-state index contributed by atoms with van der Waals surface area (Å²) in [5.74, 6) is -0.0787. The zero-order valence-electron chi connectivity index (χ0n) is 14.2. The molecule has 0 radical (unpaired) electrons. The lowest BCUT2D eigenvalue weighted by atomic mass is 10.1. The monoisotopic (exact) mass is 378 g/mol. The van der Waals surface area contributed by atoms with Gasteiger partial charge in [-0.05, 0) is 55.9 Å². The number of nitrogens with zero attached hydrogens (tertiary/aromatic N) is 1. The second-order valence-electron chi connectivity index (χ2n) is 5.91. The molecule has 132 valence electrons. The number of hydrogen-bond donors (Lipinski definition) is 1. The van der Waals surface area contributed by atoms with Gasteiger partial charge in [-0.2, -0.15) is 0 Å². The van der Waals surface area contributed by atoms with Crippen molar-refractivity contribution in [2.24, 2.45) is 0 Å². The van der Waals surface area contributed by atoms with Gasteiger partial charge in [0.2, 0.25) is 5.91 Å². The number of carbonyl (C=O) groups is 2. The molecule has 1 amide bonds. The maximum absolute atomic E-state index is 12.1. The Morgan fingerprint density at radius 1 is 1.08 bits per heavy atom. The van der Waals surface area contributed by atoms with Crippen LogP contribution in [-0.2, 0) is 11.3 Å². The molecular formula is C19H20Cl2N2O2. The topological polar surface area (TPSA) is 49.4 Å². The minimum atomic E-state index is -0.0790. The van der Waals surface area contributed by atoms with E-state index in [2.05, 4.69) is 5.32 Å². The van der Waals surface area contributed by atoms with E-state index < -0.39 is 0 Å².